The molecule has 2 bridgehead atoms. The van der Waals surface area contributed by atoms with Crippen LogP contribution in [0, 0.1) is 29.1 Å². The van der Waals surface area contributed by atoms with Crippen molar-refractivity contribution in [2.24, 2.45) is 29.1 Å². The smallest absolute Gasteiger partial charge is 0.125 e. The highest BCUT2D eigenvalue weighted by Gasteiger charge is 2.75. The molecule has 4 saturated carbocycles. The summed E-state index contributed by atoms with van der Waals surface area (Å²) in [6.45, 7) is 0. The van der Waals surface area contributed by atoms with Crippen molar-refractivity contribution in [3.05, 3.63) is 35.4 Å². The summed E-state index contributed by atoms with van der Waals surface area (Å²) in [4.78, 5) is 0. The van der Waals surface area contributed by atoms with Gasteiger partial charge in [0, 0.05) is 5.56 Å². The summed E-state index contributed by atoms with van der Waals surface area (Å²) in [5, 5.41) is 9.73. The van der Waals surface area contributed by atoms with Crippen LogP contribution in [0.5, 0.6) is 5.75 Å². The number of phenolic OH excluding ortho intramolecular Hbond substituents is 1. The Morgan fingerprint density at radius 1 is 1.25 bits per heavy atom. The first-order chi connectivity index (χ1) is 9.74. The van der Waals surface area contributed by atoms with Gasteiger partial charge in [-0.1, -0.05) is 12.1 Å². The fraction of sp³-hybridized carbons (Fsp3) is 0.556. The number of fused-ring (bicyclic) bond motifs is 1. The zero-order valence-corrected chi connectivity index (χ0v) is 11.8. The zero-order chi connectivity index (χ0) is 13.5. The number of hydrogen-bond donors (Lipinski definition) is 1. The van der Waals surface area contributed by atoms with Gasteiger partial charge in [0.1, 0.15) is 11.5 Å². The second-order valence-electron chi connectivity index (χ2n) is 7.21. The monoisotopic (exact) mass is 268 g/mol. The molecule has 5 unspecified atom stereocenters. The van der Waals surface area contributed by atoms with Crippen molar-refractivity contribution in [3.8, 4) is 5.75 Å². The van der Waals surface area contributed by atoms with Gasteiger partial charge in [0.05, 0.1) is 7.11 Å². The SMILES string of the molecule is CO/C(=C1\C2CC3CC4CC1C34C2)c1cccc(O)c1. The zero-order valence-electron chi connectivity index (χ0n) is 11.8. The largest absolute Gasteiger partial charge is 0.508 e. The lowest BCUT2D eigenvalue weighted by atomic mass is 9.38. The maximum atomic E-state index is 9.73. The molecule has 2 heteroatoms. The van der Waals surface area contributed by atoms with E-state index in [1.807, 2.05) is 12.1 Å². The summed E-state index contributed by atoms with van der Waals surface area (Å²) in [7, 11) is 1.78. The van der Waals surface area contributed by atoms with Crippen LogP contribution in [-0.2, 0) is 4.74 Å². The third kappa shape index (κ3) is 1.06. The lowest BCUT2D eigenvalue weighted by Crippen LogP contribution is -2.60. The van der Waals surface area contributed by atoms with Crippen LogP contribution >= 0.6 is 0 Å². The van der Waals surface area contributed by atoms with E-state index in [-0.39, 0.29) is 0 Å². The predicted octanol–water partition coefficient (Wildman–Crippen LogP) is 3.82. The van der Waals surface area contributed by atoms with Crippen LogP contribution in [0.4, 0.5) is 0 Å². The van der Waals surface area contributed by atoms with Gasteiger partial charge < -0.3 is 9.84 Å². The molecular formula is C18H20O2. The predicted molar refractivity (Wildman–Crippen MR) is 76.9 cm³/mol. The summed E-state index contributed by atoms with van der Waals surface area (Å²) in [5.74, 6) is 4.94. The van der Waals surface area contributed by atoms with E-state index in [9.17, 15) is 5.11 Å². The number of hydrogen-bond acceptors (Lipinski definition) is 2. The number of allylic oxidation sites excluding steroid dienone is 1. The van der Waals surface area contributed by atoms with E-state index < -0.39 is 0 Å². The molecule has 0 amide bonds. The fourth-order valence-electron chi connectivity index (χ4n) is 6.16. The Morgan fingerprint density at radius 3 is 2.80 bits per heavy atom. The molecule has 2 nitrogen and oxygen atoms in total. The van der Waals surface area contributed by atoms with Crippen molar-refractivity contribution in [1.29, 1.82) is 0 Å². The Balaban J connectivity index is 1.64. The van der Waals surface area contributed by atoms with Crippen LogP contribution in [0.2, 0.25) is 0 Å². The molecule has 0 saturated heterocycles. The fourth-order valence-corrected chi connectivity index (χ4v) is 6.16. The summed E-state index contributed by atoms with van der Waals surface area (Å²) in [6, 6.07) is 7.53. The van der Waals surface area contributed by atoms with Crippen molar-refractivity contribution >= 4 is 5.76 Å². The molecule has 5 atom stereocenters. The number of ether oxygens (including phenoxy) is 1. The molecule has 4 aliphatic carbocycles. The van der Waals surface area contributed by atoms with Crippen molar-refractivity contribution in [1.82, 2.24) is 0 Å². The van der Waals surface area contributed by atoms with E-state index in [1.165, 1.54) is 25.7 Å². The van der Waals surface area contributed by atoms with Gasteiger partial charge >= 0.3 is 0 Å². The van der Waals surface area contributed by atoms with Gasteiger partial charge in [0.25, 0.3) is 0 Å². The van der Waals surface area contributed by atoms with E-state index in [2.05, 4.69) is 6.07 Å². The number of benzene rings is 1. The topological polar surface area (TPSA) is 29.5 Å². The summed E-state index contributed by atoms with van der Waals surface area (Å²) in [5.41, 5.74) is 3.30. The third-order valence-corrected chi connectivity index (χ3v) is 6.82. The van der Waals surface area contributed by atoms with Crippen molar-refractivity contribution in [2.75, 3.05) is 7.11 Å². The molecule has 104 valence electrons. The van der Waals surface area contributed by atoms with E-state index in [0.29, 0.717) is 11.2 Å². The van der Waals surface area contributed by atoms with Gasteiger partial charge in [-0.3, -0.25) is 0 Å². The van der Waals surface area contributed by atoms with Crippen LogP contribution in [0.25, 0.3) is 5.76 Å². The minimum absolute atomic E-state index is 0.326. The highest BCUT2D eigenvalue weighted by Crippen LogP contribution is 2.83. The first-order valence-electron chi connectivity index (χ1n) is 7.81. The average molecular weight is 268 g/mol. The summed E-state index contributed by atoms with van der Waals surface area (Å²) in [6.07, 6.45) is 5.67. The van der Waals surface area contributed by atoms with Crippen LogP contribution in [0.1, 0.15) is 31.2 Å². The van der Waals surface area contributed by atoms with E-state index in [4.69, 9.17) is 4.74 Å². The second-order valence-corrected chi connectivity index (χ2v) is 7.21. The van der Waals surface area contributed by atoms with E-state index >= 15 is 0 Å². The molecule has 1 aromatic rings. The highest BCUT2D eigenvalue weighted by atomic mass is 16.5. The molecule has 0 radical (unpaired) electrons. The summed E-state index contributed by atoms with van der Waals surface area (Å²) < 4.78 is 5.80. The van der Waals surface area contributed by atoms with E-state index in [1.54, 1.807) is 18.7 Å². The maximum Gasteiger partial charge on any atom is 0.125 e. The lowest BCUT2D eigenvalue weighted by molar-refractivity contribution is -0.159. The molecule has 4 fully saturated rings. The molecule has 1 spiro atoms. The van der Waals surface area contributed by atoms with Gasteiger partial charge in [-0.15, -0.1) is 0 Å². The Hall–Kier alpha value is -1.44. The molecule has 1 aromatic carbocycles. The van der Waals surface area contributed by atoms with Crippen LogP contribution in [0.15, 0.2) is 29.8 Å². The first-order valence-corrected chi connectivity index (χ1v) is 7.81. The minimum Gasteiger partial charge on any atom is -0.508 e. The molecule has 20 heavy (non-hydrogen) atoms. The Morgan fingerprint density at radius 2 is 2.10 bits per heavy atom. The Kier molecular flexibility index (Phi) is 1.92. The molecule has 5 rings (SSSR count). The van der Waals surface area contributed by atoms with E-state index in [0.717, 1.165) is 35.0 Å². The van der Waals surface area contributed by atoms with Gasteiger partial charge in [-0.05, 0) is 72.5 Å². The van der Waals surface area contributed by atoms with Crippen LogP contribution < -0.4 is 0 Å². The first kappa shape index (κ1) is 11.2. The standard InChI is InChI=1S/C18H20O2/c1-20-17(10-3-2-4-14(19)6-10)16-11-5-12-7-13-8-15(16)18(12,13)9-11/h2-4,6,11-13,15,19H,5,7-9H2,1H3/b17-16+. The number of phenols is 1. The quantitative estimate of drug-likeness (QED) is 0.826. The molecule has 4 aliphatic rings. The van der Waals surface area contributed by atoms with Crippen LogP contribution in [-0.4, -0.2) is 12.2 Å². The van der Waals surface area contributed by atoms with Crippen molar-refractivity contribution in [2.45, 2.75) is 25.7 Å². The Bertz CT molecular complexity index is 632. The molecule has 0 heterocycles. The number of methoxy groups -OCH3 is 1. The van der Waals surface area contributed by atoms with Gasteiger partial charge in [0.15, 0.2) is 0 Å². The third-order valence-electron chi connectivity index (χ3n) is 6.82. The average Bonchev–Trinajstić information content (AvgIpc) is 2.91. The second kappa shape index (κ2) is 3.41. The van der Waals surface area contributed by atoms with Gasteiger partial charge in [-0.25, -0.2) is 0 Å². The molecule has 0 aromatic heterocycles. The molecular weight excluding hydrogens is 248 g/mol. The normalized spacial score (nSPS) is 45.5. The summed E-state index contributed by atoms with van der Waals surface area (Å²) >= 11 is 0. The van der Waals surface area contributed by atoms with Gasteiger partial charge in [-0.2, -0.15) is 0 Å². The number of aromatic hydroxyl groups is 1. The molecule has 0 aliphatic heterocycles. The van der Waals surface area contributed by atoms with Crippen LogP contribution in [0.3, 0.4) is 0 Å². The maximum absolute atomic E-state index is 9.73. The lowest BCUT2D eigenvalue weighted by Gasteiger charge is -2.66. The molecule has 1 N–H and O–H groups in total. The van der Waals surface area contributed by atoms with Crippen molar-refractivity contribution < 1.29 is 9.84 Å². The van der Waals surface area contributed by atoms with Gasteiger partial charge in [0.2, 0.25) is 0 Å². The minimum atomic E-state index is 0.326. The highest BCUT2D eigenvalue weighted by molar-refractivity contribution is 5.67. The van der Waals surface area contributed by atoms with Crippen molar-refractivity contribution in [3.63, 3.8) is 0 Å². The Labute approximate surface area is 119 Å². The number of rotatable bonds is 2.